The minimum absolute atomic E-state index is 0.0000813. The lowest BCUT2D eigenvalue weighted by Gasteiger charge is -2.33. The van der Waals surface area contributed by atoms with Crippen LogP contribution in [0.2, 0.25) is 0 Å². The normalized spacial score (nSPS) is 22.5. The zero-order chi connectivity index (χ0) is 15.7. The maximum absolute atomic E-state index is 12.7. The number of rotatable bonds is 9. The zero-order valence-corrected chi connectivity index (χ0v) is 14.2. The first kappa shape index (κ1) is 18.4. The van der Waals surface area contributed by atoms with Crippen LogP contribution in [0.25, 0.3) is 0 Å². The van der Waals surface area contributed by atoms with Crippen LogP contribution >= 0.6 is 0 Å². The van der Waals surface area contributed by atoms with E-state index >= 15 is 0 Å². The van der Waals surface area contributed by atoms with Gasteiger partial charge in [0.15, 0.2) is 0 Å². The van der Waals surface area contributed by atoms with Crippen LogP contribution in [-0.4, -0.2) is 75.7 Å². The molecule has 2 unspecified atom stereocenters. The lowest BCUT2D eigenvalue weighted by molar-refractivity contribution is -0.135. The fourth-order valence-corrected chi connectivity index (χ4v) is 2.89. The lowest BCUT2D eigenvalue weighted by Crippen LogP contribution is -2.51. The van der Waals surface area contributed by atoms with Crippen LogP contribution in [0, 0.1) is 5.92 Å². The Morgan fingerprint density at radius 2 is 2.05 bits per heavy atom. The third kappa shape index (κ3) is 6.76. The highest BCUT2D eigenvalue weighted by Gasteiger charge is 2.29. The van der Waals surface area contributed by atoms with E-state index in [0.717, 1.165) is 32.5 Å². The van der Waals surface area contributed by atoms with Crippen molar-refractivity contribution in [2.75, 3.05) is 54.0 Å². The Balaban J connectivity index is 2.52. The number of hydrogen-bond donors (Lipinski definition) is 1. The van der Waals surface area contributed by atoms with Crippen LogP contribution in [0.15, 0.2) is 0 Å². The highest BCUT2D eigenvalue weighted by Crippen LogP contribution is 2.20. The Morgan fingerprint density at radius 3 is 2.67 bits per heavy atom. The van der Waals surface area contributed by atoms with Gasteiger partial charge in [-0.3, -0.25) is 4.79 Å². The number of carbonyl (C=O) groups is 1. The van der Waals surface area contributed by atoms with Crippen molar-refractivity contribution >= 4 is 5.91 Å². The number of hydrogen-bond acceptors (Lipinski definition) is 4. The second-order valence-electron chi connectivity index (χ2n) is 6.28. The maximum atomic E-state index is 12.7. The predicted molar refractivity (Wildman–Crippen MR) is 86.4 cm³/mol. The van der Waals surface area contributed by atoms with Gasteiger partial charge in [0, 0.05) is 20.2 Å². The second kappa shape index (κ2) is 10.1. The summed E-state index contributed by atoms with van der Waals surface area (Å²) in [4.78, 5) is 16.9. The highest BCUT2D eigenvalue weighted by molar-refractivity contribution is 5.82. The van der Waals surface area contributed by atoms with Gasteiger partial charge in [0.1, 0.15) is 0 Å². The molecule has 0 radical (unpaired) electrons. The van der Waals surface area contributed by atoms with Gasteiger partial charge in [0.2, 0.25) is 5.91 Å². The predicted octanol–water partition coefficient (Wildman–Crippen LogP) is 1.19. The summed E-state index contributed by atoms with van der Waals surface area (Å²) in [5, 5.41) is 3.40. The topological polar surface area (TPSA) is 44.8 Å². The SMILES string of the molecule is CCC1CCNC(C(=O)N(CCCN(C)C)CCOC)C1. The van der Waals surface area contributed by atoms with Crippen LogP contribution in [0.5, 0.6) is 0 Å². The Morgan fingerprint density at radius 1 is 1.29 bits per heavy atom. The molecule has 0 aromatic carbocycles. The molecule has 0 aliphatic carbocycles. The first-order valence-corrected chi connectivity index (χ1v) is 8.24. The molecule has 1 fully saturated rings. The van der Waals surface area contributed by atoms with Crippen molar-refractivity contribution in [3.05, 3.63) is 0 Å². The average molecular weight is 299 g/mol. The van der Waals surface area contributed by atoms with Gasteiger partial charge in [-0.15, -0.1) is 0 Å². The molecule has 21 heavy (non-hydrogen) atoms. The Hall–Kier alpha value is -0.650. The molecule has 1 amide bonds. The molecule has 5 heteroatoms. The molecule has 2 atom stereocenters. The van der Waals surface area contributed by atoms with Gasteiger partial charge in [-0.25, -0.2) is 0 Å². The molecule has 1 heterocycles. The molecule has 1 aliphatic rings. The molecule has 0 saturated carbocycles. The minimum atomic E-state index is -0.0000813. The molecule has 124 valence electrons. The monoisotopic (exact) mass is 299 g/mol. The first-order chi connectivity index (χ1) is 10.1. The number of piperidine rings is 1. The van der Waals surface area contributed by atoms with Crippen LogP contribution in [-0.2, 0) is 9.53 Å². The first-order valence-electron chi connectivity index (χ1n) is 8.24. The molecule has 0 aromatic heterocycles. The van der Waals surface area contributed by atoms with Gasteiger partial charge in [-0.1, -0.05) is 13.3 Å². The smallest absolute Gasteiger partial charge is 0.239 e. The molecule has 1 N–H and O–H groups in total. The van der Waals surface area contributed by atoms with E-state index in [1.54, 1.807) is 7.11 Å². The van der Waals surface area contributed by atoms with Crippen molar-refractivity contribution in [3.63, 3.8) is 0 Å². The fourth-order valence-electron chi connectivity index (χ4n) is 2.89. The van der Waals surface area contributed by atoms with E-state index in [1.807, 2.05) is 4.90 Å². The summed E-state index contributed by atoms with van der Waals surface area (Å²) in [6.07, 6.45) is 4.35. The molecule has 0 bridgehead atoms. The number of nitrogens with zero attached hydrogens (tertiary/aromatic N) is 2. The Kier molecular flexibility index (Phi) is 8.88. The van der Waals surface area contributed by atoms with Gasteiger partial charge in [0.05, 0.1) is 12.6 Å². The van der Waals surface area contributed by atoms with Gasteiger partial charge >= 0.3 is 0 Å². The van der Waals surface area contributed by atoms with E-state index in [9.17, 15) is 4.79 Å². The summed E-state index contributed by atoms with van der Waals surface area (Å²) in [5.41, 5.74) is 0. The fraction of sp³-hybridized carbons (Fsp3) is 0.938. The molecular formula is C16H33N3O2. The van der Waals surface area contributed by atoms with Crippen molar-refractivity contribution in [1.82, 2.24) is 15.1 Å². The summed E-state index contributed by atoms with van der Waals surface area (Å²) < 4.78 is 5.15. The van der Waals surface area contributed by atoms with Gasteiger partial charge in [-0.2, -0.15) is 0 Å². The van der Waals surface area contributed by atoms with Crippen molar-refractivity contribution in [1.29, 1.82) is 0 Å². The Labute approximate surface area is 130 Å². The number of methoxy groups -OCH3 is 1. The molecule has 1 rings (SSSR count). The summed E-state index contributed by atoms with van der Waals surface area (Å²) in [5.74, 6) is 0.940. The minimum Gasteiger partial charge on any atom is -0.383 e. The zero-order valence-electron chi connectivity index (χ0n) is 14.2. The highest BCUT2D eigenvalue weighted by atomic mass is 16.5. The van der Waals surface area contributed by atoms with Gasteiger partial charge in [0.25, 0.3) is 0 Å². The molecule has 5 nitrogen and oxygen atoms in total. The third-order valence-corrected chi connectivity index (χ3v) is 4.30. The van der Waals surface area contributed by atoms with Crippen LogP contribution < -0.4 is 5.32 Å². The summed E-state index contributed by atoms with van der Waals surface area (Å²) in [7, 11) is 5.82. The van der Waals surface area contributed by atoms with E-state index in [1.165, 1.54) is 12.8 Å². The number of ether oxygens (including phenoxy) is 1. The van der Waals surface area contributed by atoms with Crippen molar-refractivity contribution in [2.45, 2.75) is 38.6 Å². The van der Waals surface area contributed by atoms with Crippen molar-refractivity contribution < 1.29 is 9.53 Å². The lowest BCUT2D eigenvalue weighted by atomic mass is 9.90. The van der Waals surface area contributed by atoms with E-state index < -0.39 is 0 Å². The summed E-state index contributed by atoms with van der Waals surface area (Å²) in [6, 6.07) is -0.0000813. The largest absolute Gasteiger partial charge is 0.383 e. The van der Waals surface area contributed by atoms with Gasteiger partial charge in [-0.05, 0) is 52.4 Å². The van der Waals surface area contributed by atoms with Crippen molar-refractivity contribution in [3.8, 4) is 0 Å². The number of carbonyl (C=O) groups excluding carboxylic acids is 1. The Bertz CT molecular complexity index is 297. The maximum Gasteiger partial charge on any atom is 0.239 e. The third-order valence-electron chi connectivity index (χ3n) is 4.30. The second-order valence-corrected chi connectivity index (χ2v) is 6.28. The van der Waals surface area contributed by atoms with E-state index in [0.29, 0.717) is 19.1 Å². The molecule has 0 spiro atoms. The van der Waals surface area contributed by atoms with Crippen LogP contribution in [0.3, 0.4) is 0 Å². The average Bonchev–Trinajstić information content (AvgIpc) is 2.49. The van der Waals surface area contributed by atoms with E-state index in [2.05, 4.69) is 31.2 Å². The summed E-state index contributed by atoms with van der Waals surface area (Å²) >= 11 is 0. The van der Waals surface area contributed by atoms with Crippen LogP contribution in [0.1, 0.15) is 32.6 Å². The molecule has 0 aromatic rings. The molecular weight excluding hydrogens is 266 g/mol. The van der Waals surface area contributed by atoms with E-state index in [-0.39, 0.29) is 11.9 Å². The van der Waals surface area contributed by atoms with Crippen molar-refractivity contribution in [2.24, 2.45) is 5.92 Å². The van der Waals surface area contributed by atoms with Crippen LogP contribution in [0.4, 0.5) is 0 Å². The number of amides is 1. The number of nitrogens with one attached hydrogen (secondary N) is 1. The van der Waals surface area contributed by atoms with E-state index in [4.69, 9.17) is 4.74 Å². The quantitative estimate of drug-likeness (QED) is 0.695. The summed E-state index contributed by atoms with van der Waals surface area (Å²) in [6.45, 7) is 6.30. The molecule has 1 aliphatic heterocycles. The standard InChI is InChI=1S/C16H33N3O2/c1-5-14-7-8-17-15(13-14)16(20)19(11-12-21-4)10-6-9-18(2)3/h14-15,17H,5-13H2,1-4H3. The van der Waals surface area contributed by atoms with Gasteiger partial charge < -0.3 is 19.9 Å². The molecule has 1 saturated heterocycles.